The van der Waals surface area contributed by atoms with E-state index in [1.807, 2.05) is 37.3 Å². The summed E-state index contributed by atoms with van der Waals surface area (Å²) in [5.74, 6) is 0.269. The second kappa shape index (κ2) is 5.98. The molecule has 16 heavy (non-hydrogen) atoms. The number of benzene rings is 1. The zero-order valence-corrected chi connectivity index (χ0v) is 10.4. The fourth-order valence-electron chi connectivity index (χ4n) is 1.41. The third-order valence-electron chi connectivity index (χ3n) is 2.32. The Morgan fingerprint density at radius 2 is 1.88 bits per heavy atom. The Kier molecular flexibility index (Phi) is 4.92. The van der Waals surface area contributed by atoms with Gasteiger partial charge in [0, 0.05) is 13.6 Å². The molecule has 2 N–H and O–H groups in total. The van der Waals surface area contributed by atoms with Crippen LogP contribution in [0.2, 0.25) is 0 Å². The summed E-state index contributed by atoms with van der Waals surface area (Å²) in [5.41, 5.74) is 1.22. The van der Waals surface area contributed by atoms with E-state index in [1.54, 1.807) is 0 Å². The lowest BCUT2D eigenvalue weighted by Crippen LogP contribution is -2.36. The Morgan fingerprint density at radius 1 is 1.25 bits per heavy atom. The zero-order valence-electron chi connectivity index (χ0n) is 9.60. The first-order chi connectivity index (χ1) is 7.53. The summed E-state index contributed by atoms with van der Waals surface area (Å²) >= 11 is 0. The fraction of sp³-hybridized carbons (Fsp3) is 0.455. The van der Waals surface area contributed by atoms with Gasteiger partial charge in [0.05, 0.1) is 0 Å². The minimum atomic E-state index is -3.31. The van der Waals surface area contributed by atoms with Crippen molar-refractivity contribution in [2.24, 2.45) is 5.92 Å². The molecule has 0 heterocycles. The first-order valence-electron chi connectivity index (χ1n) is 5.25. The van der Waals surface area contributed by atoms with E-state index in [2.05, 4.69) is 9.44 Å². The summed E-state index contributed by atoms with van der Waals surface area (Å²) in [7, 11) is -1.91. The van der Waals surface area contributed by atoms with Crippen LogP contribution >= 0.6 is 0 Å². The van der Waals surface area contributed by atoms with Crippen molar-refractivity contribution in [3.05, 3.63) is 35.9 Å². The van der Waals surface area contributed by atoms with Gasteiger partial charge in [-0.25, -0.2) is 9.44 Å². The Bertz CT molecular complexity index is 403. The molecule has 1 aromatic carbocycles. The second-order valence-corrected chi connectivity index (χ2v) is 5.55. The van der Waals surface area contributed by atoms with Crippen LogP contribution in [0.3, 0.4) is 0 Å². The summed E-state index contributed by atoms with van der Waals surface area (Å²) in [6.45, 7) is 2.46. The van der Waals surface area contributed by atoms with Gasteiger partial charge >= 0.3 is 0 Å². The largest absolute Gasteiger partial charge is 0.276 e. The van der Waals surface area contributed by atoms with Crippen LogP contribution in [-0.4, -0.2) is 22.0 Å². The predicted octanol–water partition coefficient (Wildman–Crippen LogP) is 0.919. The molecular formula is C11H18N2O2S. The third-order valence-corrected chi connectivity index (χ3v) is 3.40. The molecule has 0 aromatic heterocycles. The predicted molar refractivity (Wildman–Crippen MR) is 65.3 cm³/mol. The van der Waals surface area contributed by atoms with E-state index < -0.39 is 10.2 Å². The number of nitrogens with one attached hydrogen (secondary N) is 2. The molecule has 5 heteroatoms. The van der Waals surface area contributed by atoms with Crippen LogP contribution in [-0.2, 0) is 16.6 Å². The molecule has 0 fully saturated rings. The summed E-state index contributed by atoms with van der Waals surface area (Å²) in [6.07, 6.45) is 0.868. The Balaban J connectivity index is 2.40. The molecule has 0 saturated heterocycles. The molecule has 1 unspecified atom stereocenters. The highest BCUT2D eigenvalue weighted by Crippen LogP contribution is 2.07. The van der Waals surface area contributed by atoms with Gasteiger partial charge in [-0.15, -0.1) is 0 Å². The topological polar surface area (TPSA) is 58.2 Å². The van der Waals surface area contributed by atoms with Crippen LogP contribution < -0.4 is 9.44 Å². The van der Waals surface area contributed by atoms with Crippen molar-refractivity contribution in [2.45, 2.75) is 13.3 Å². The third kappa shape index (κ3) is 4.74. The molecule has 1 aromatic rings. The van der Waals surface area contributed by atoms with Crippen LogP contribution in [0, 0.1) is 5.92 Å². The average Bonchev–Trinajstić information content (AvgIpc) is 2.28. The van der Waals surface area contributed by atoms with Crippen LogP contribution in [0.25, 0.3) is 0 Å². The maximum absolute atomic E-state index is 11.1. The van der Waals surface area contributed by atoms with E-state index in [9.17, 15) is 8.42 Å². The van der Waals surface area contributed by atoms with Gasteiger partial charge in [0.25, 0.3) is 10.2 Å². The van der Waals surface area contributed by atoms with Gasteiger partial charge < -0.3 is 0 Å². The SMILES string of the molecule is CNS(=O)(=O)NCC(C)Cc1ccccc1. The van der Waals surface area contributed by atoms with Crippen LogP contribution in [0.1, 0.15) is 12.5 Å². The minimum Gasteiger partial charge on any atom is -0.205 e. The summed E-state index contributed by atoms with van der Waals surface area (Å²) in [5, 5.41) is 0. The molecule has 1 atom stereocenters. The molecule has 0 amide bonds. The smallest absolute Gasteiger partial charge is 0.205 e. The molecule has 0 radical (unpaired) electrons. The van der Waals surface area contributed by atoms with Gasteiger partial charge in [0.1, 0.15) is 0 Å². The van der Waals surface area contributed by atoms with Crippen molar-refractivity contribution in [1.29, 1.82) is 0 Å². The zero-order chi connectivity index (χ0) is 12.0. The van der Waals surface area contributed by atoms with Crippen molar-refractivity contribution in [3.8, 4) is 0 Å². The molecular weight excluding hydrogens is 224 g/mol. The van der Waals surface area contributed by atoms with Crippen molar-refractivity contribution in [1.82, 2.24) is 9.44 Å². The lowest BCUT2D eigenvalue weighted by Gasteiger charge is -2.12. The van der Waals surface area contributed by atoms with E-state index in [0.29, 0.717) is 6.54 Å². The van der Waals surface area contributed by atoms with Crippen molar-refractivity contribution >= 4 is 10.2 Å². The Morgan fingerprint density at radius 3 is 2.44 bits per heavy atom. The quantitative estimate of drug-likeness (QED) is 0.779. The molecule has 1 rings (SSSR count). The highest BCUT2D eigenvalue weighted by molar-refractivity contribution is 7.87. The Hall–Kier alpha value is -0.910. The van der Waals surface area contributed by atoms with Crippen molar-refractivity contribution in [3.63, 3.8) is 0 Å². The highest BCUT2D eigenvalue weighted by atomic mass is 32.2. The first-order valence-corrected chi connectivity index (χ1v) is 6.74. The molecule has 0 aliphatic carbocycles. The molecule has 90 valence electrons. The van der Waals surface area contributed by atoms with Crippen LogP contribution in [0.5, 0.6) is 0 Å². The van der Waals surface area contributed by atoms with Gasteiger partial charge in [0.2, 0.25) is 0 Å². The van der Waals surface area contributed by atoms with E-state index in [0.717, 1.165) is 6.42 Å². The fourth-order valence-corrected chi connectivity index (χ4v) is 2.06. The van der Waals surface area contributed by atoms with Gasteiger partial charge in [-0.05, 0) is 17.9 Å². The molecule has 4 nitrogen and oxygen atoms in total. The van der Waals surface area contributed by atoms with Crippen LogP contribution in [0.4, 0.5) is 0 Å². The average molecular weight is 242 g/mol. The van der Waals surface area contributed by atoms with Gasteiger partial charge in [-0.1, -0.05) is 37.3 Å². The van der Waals surface area contributed by atoms with Gasteiger partial charge in [0.15, 0.2) is 0 Å². The minimum absolute atomic E-state index is 0.269. The maximum Gasteiger partial charge on any atom is 0.276 e. The lowest BCUT2D eigenvalue weighted by atomic mass is 10.0. The van der Waals surface area contributed by atoms with E-state index in [1.165, 1.54) is 12.6 Å². The van der Waals surface area contributed by atoms with E-state index >= 15 is 0 Å². The first kappa shape index (κ1) is 13.2. The van der Waals surface area contributed by atoms with Crippen molar-refractivity contribution < 1.29 is 8.42 Å². The molecule has 0 aliphatic heterocycles. The van der Waals surface area contributed by atoms with Crippen molar-refractivity contribution in [2.75, 3.05) is 13.6 Å². The number of hydrogen-bond acceptors (Lipinski definition) is 2. The summed E-state index contributed by atoms with van der Waals surface area (Å²) in [6, 6.07) is 10.0. The van der Waals surface area contributed by atoms with Crippen LogP contribution in [0.15, 0.2) is 30.3 Å². The second-order valence-electron chi connectivity index (χ2n) is 3.85. The van der Waals surface area contributed by atoms with Gasteiger partial charge in [-0.2, -0.15) is 8.42 Å². The molecule has 0 aliphatic rings. The normalized spacial score (nSPS) is 13.6. The highest BCUT2D eigenvalue weighted by Gasteiger charge is 2.09. The standard InChI is InChI=1S/C11H18N2O2S/c1-10(9-13-16(14,15)12-2)8-11-6-4-3-5-7-11/h3-7,10,12-13H,8-9H2,1-2H3. The number of hydrogen-bond donors (Lipinski definition) is 2. The molecule has 0 saturated carbocycles. The Labute approximate surface area is 97.3 Å². The van der Waals surface area contributed by atoms with Gasteiger partial charge in [-0.3, -0.25) is 0 Å². The number of rotatable bonds is 6. The molecule has 0 spiro atoms. The van der Waals surface area contributed by atoms with E-state index in [-0.39, 0.29) is 5.92 Å². The monoisotopic (exact) mass is 242 g/mol. The summed E-state index contributed by atoms with van der Waals surface area (Å²) < 4.78 is 27.0. The molecule has 0 bridgehead atoms. The summed E-state index contributed by atoms with van der Waals surface area (Å²) in [4.78, 5) is 0. The van der Waals surface area contributed by atoms with E-state index in [4.69, 9.17) is 0 Å². The maximum atomic E-state index is 11.1. The lowest BCUT2D eigenvalue weighted by molar-refractivity contribution is 0.532.